The minimum absolute atomic E-state index is 0.242. The number of nitrogens with zero attached hydrogens (tertiary/aromatic N) is 3. The lowest BCUT2D eigenvalue weighted by Gasteiger charge is -2.42. The molecule has 0 radical (unpaired) electrons. The maximum Gasteiger partial charge on any atom is 0.0964 e. The second kappa shape index (κ2) is 10.2. The van der Waals surface area contributed by atoms with Gasteiger partial charge >= 0.3 is 0 Å². The SMILES string of the molecule is CC(CN1CCOCC1)CN1CCC(c2nc(-c3ccc4c(c3)C(C)(C)CCC4(C)C)cs2)CC1. The molecule has 1 aliphatic carbocycles. The van der Waals surface area contributed by atoms with Gasteiger partial charge in [0, 0.05) is 43.0 Å². The van der Waals surface area contributed by atoms with Gasteiger partial charge in [-0.15, -0.1) is 11.3 Å². The van der Waals surface area contributed by atoms with Gasteiger partial charge in [0.25, 0.3) is 0 Å². The summed E-state index contributed by atoms with van der Waals surface area (Å²) in [4.78, 5) is 10.4. The lowest BCUT2D eigenvalue weighted by molar-refractivity contribution is 0.0283. The molecule has 1 atom stereocenters. The molecule has 2 fully saturated rings. The summed E-state index contributed by atoms with van der Waals surface area (Å²) in [6.45, 7) is 20.8. The van der Waals surface area contributed by atoms with Gasteiger partial charge in [0.1, 0.15) is 0 Å². The number of morpholine rings is 1. The van der Waals surface area contributed by atoms with E-state index in [1.54, 1.807) is 0 Å². The Morgan fingerprint density at radius 1 is 0.943 bits per heavy atom. The molecule has 0 saturated carbocycles. The molecular formula is C30H45N3OS. The summed E-state index contributed by atoms with van der Waals surface area (Å²) in [5, 5.41) is 3.65. The molecule has 0 N–H and O–H groups in total. The molecule has 1 aromatic carbocycles. The third-order valence-corrected chi connectivity index (χ3v) is 9.86. The lowest BCUT2D eigenvalue weighted by Crippen LogP contribution is -2.42. The number of hydrogen-bond donors (Lipinski definition) is 0. The molecule has 3 heterocycles. The number of rotatable bonds is 6. The monoisotopic (exact) mass is 495 g/mol. The number of thiazole rings is 1. The van der Waals surface area contributed by atoms with E-state index in [9.17, 15) is 0 Å². The Hall–Kier alpha value is -1.27. The van der Waals surface area contributed by atoms with Gasteiger partial charge in [0.15, 0.2) is 0 Å². The predicted molar refractivity (Wildman–Crippen MR) is 148 cm³/mol. The highest BCUT2D eigenvalue weighted by atomic mass is 32.1. The Morgan fingerprint density at radius 3 is 2.26 bits per heavy atom. The first-order chi connectivity index (χ1) is 16.7. The topological polar surface area (TPSA) is 28.6 Å². The van der Waals surface area contributed by atoms with Gasteiger partial charge in [0.2, 0.25) is 0 Å². The van der Waals surface area contributed by atoms with Crippen molar-refractivity contribution in [3.8, 4) is 11.3 Å². The van der Waals surface area contributed by atoms with E-state index in [4.69, 9.17) is 9.72 Å². The van der Waals surface area contributed by atoms with E-state index in [1.165, 1.54) is 79.3 Å². The zero-order valence-electron chi connectivity index (χ0n) is 22.6. The van der Waals surface area contributed by atoms with E-state index in [0.717, 1.165) is 26.3 Å². The molecule has 1 aromatic heterocycles. The maximum absolute atomic E-state index is 5.50. The molecule has 3 aliphatic rings. The molecule has 0 amide bonds. The van der Waals surface area contributed by atoms with E-state index in [-0.39, 0.29) is 10.8 Å². The van der Waals surface area contributed by atoms with Crippen LogP contribution < -0.4 is 0 Å². The third-order valence-electron chi connectivity index (χ3n) is 8.85. The van der Waals surface area contributed by atoms with E-state index >= 15 is 0 Å². The van der Waals surface area contributed by atoms with E-state index in [1.807, 2.05) is 11.3 Å². The minimum atomic E-state index is 0.242. The molecule has 192 valence electrons. The van der Waals surface area contributed by atoms with Crippen molar-refractivity contribution in [3.05, 3.63) is 39.7 Å². The summed E-state index contributed by atoms with van der Waals surface area (Å²) in [6, 6.07) is 7.16. The fraction of sp³-hybridized carbons (Fsp3) is 0.700. The molecule has 2 saturated heterocycles. The first-order valence-electron chi connectivity index (χ1n) is 13.8. The van der Waals surface area contributed by atoms with Crippen molar-refractivity contribution < 1.29 is 4.74 Å². The molecule has 4 nitrogen and oxygen atoms in total. The van der Waals surface area contributed by atoms with Crippen LogP contribution in [0.5, 0.6) is 0 Å². The number of fused-ring (bicyclic) bond motifs is 1. The second-order valence-corrected chi connectivity index (χ2v) is 13.6. The van der Waals surface area contributed by atoms with Crippen molar-refractivity contribution in [2.24, 2.45) is 5.92 Å². The Kier molecular flexibility index (Phi) is 7.43. The first kappa shape index (κ1) is 25.4. The number of likely N-dealkylation sites (tertiary alicyclic amines) is 1. The summed E-state index contributed by atoms with van der Waals surface area (Å²) in [7, 11) is 0. The molecule has 0 spiro atoms. The summed E-state index contributed by atoms with van der Waals surface area (Å²) >= 11 is 1.88. The van der Waals surface area contributed by atoms with Crippen LogP contribution in [0.2, 0.25) is 0 Å². The van der Waals surface area contributed by atoms with Crippen LogP contribution in [0.4, 0.5) is 0 Å². The Labute approximate surface area is 217 Å². The minimum Gasteiger partial charge on any atom is -0.379 e. The van der Waals surface area contributed by atoms with Crippen molar-refractivity contribution in [3.63, 3.8) is 0 Å². The average Bonchev–Trinajstić information content (AvgIpc) is 3.33. The molecule has 1 unspecified atom stereocenters. The van der Waals surface area contributed by atoms with Crippen LogP contribution >= 0.6 is 11.3 Å². The number of aromatic nitrogens is 1. The fourth-order valence-electron chi connectivity index (χ4n) is 6.44. The quantitative estimate of drug-likeness (QED) is 0.470. The second-order valence-electron chi connectivity index (χ2n) is 12.7. The standard InChI is InChI=1S/C30H45N3OS/c1-22(20-33-14-16-34-17-15-33)19-32-12-8-23(9-13-32)28-31-27(21-35-28)24-6-7-25-26(18-24)30(4,5)11-10-29(25,2)3/h6-7,18,21-23H,8-17,19-20H2,1-5H3. The van der Waals surface area contributed by atoms with Gasteiger partial charge in [0.05, 0.1) is 23.9 Å². The van der Waals surface area contributed by atoms with Crippen LogP contribution in [0.15, 0.2) is 23.6 Å². The predicted octanol–water partition coefficient (Wildman–Crippen LogP) is 6.31. The van der Waals surface area contributed by atoms with Crippen molar-refractivity contribution in [1.29, 1.82) is 0 Å². The van der Waals surface area contributed by atoms with Crippen molar-refractivity contribution in [2.75, 3.05) is 52.5 Å². The van der Waals surface area contributed by atoms with Gasteiger partial charge in [-0.3, -0.25) is 4.90 Å². The van der Waals surface area contributed by atoms with Gasteiger partial charge in [-0.1, -0.05) is 46.8 Å². The Bertz CT molecular complexity index is 999. The van der Waals surface area contributed by atoms with Crippen LogP contribution in [0.3, 0.4) is 0 Å². The highest BCUT2D eigenvalue weighted by Crippen LogP contribution is 2.47. The van der Waals surface area contributed by atoms with Crippen LogP contribution in [0.1, 0.15) is 82.4 Å². The van der Waals surface area contributed by atoms with Gasteiger partial charge in [-0.05, 0) is 72.7 Å². The highest BCUT2D eigenvalue weighted by Gasteiger charge is 2.37. The first-order valence-corrected chi connectivity index (χ1v) is 14.7. The van der Waals surface area contributed by atoms with Crippen LogP contribution in [-0.2, 0) is 15.6 Å². The lowest BCUT2D eigenvalue weighted by atomic mass is 9.63. The van der Waals surface area contributed by atoms with E-state index < -0.39 is 0 Å². The molecular weight excluding hydrogens is 450 g/mol. The normalized spacial score (nSPS) is 24.3. The molecule has 0 bridgehead atoms. The van der Waals surface area contributed by atoms with Crippen molar-refractivity contribution in [2.45, 2.75) is 77.0 Å². The molecule has 5 rings (SSSR count). The zero-order chi connectivity index (χ0) is 24.6. The molecule has 2 aromatic rings. The number of ether oxygens (including phenoxy) is 1. The molecule has 35 heavy (non-hydrogen) atoms. The molecule has 2 aliphatic heterocycles. The number of benzene rings is 1. The van der Waals surface area contributed by atoms with Gasteiger partial charge in [-0.25, -0.2) is 4.98 Å². The van der Waals surface area contributed by atoms with E-state index in [0.29, 0.717) is 11.8 Å². The van der Waals surface area contributed by atoms with Crippen molar-refractivity contribution >= 4 is 11.3 Å². The Balaban J connectivity index is 1.19. The summed E-state index contributed by atoms with van der Waals surface area (Å²) in [6.07, 6.45) is 4.99. The van der Waals surface area contributed by atoms with Crippen LogP contribution in [0.25, 0.3) is 11.3 Å². The largest absolute Gasteiger partial charge is 0.379 e. The summed E-state index contributed by atoms with van der Waals surface area (Å²) in [5.41, 5.74) is 6.04. The average molecular weight is 496 g/mol. The maximum atomic E-state index is 5.50. The molecule has 5 heteroatoms. The van der Waals surface area contributed by atoms with Crippen LogP contribution in [0, 0.1) is 5.92 Å². The fourth-order valence-corrected chi connectivity index (χ4v) is 7.44. The smallest absolute Gasteiger partial charge is 0.0964 e. The number of piperidine rings is 1. The summed E-state index contributed by atoms with van der Waals surface area (Å²) in [5.74, 6) is 1.34. The third kappa shape index (κ3) is 5.69. The van der Waals surface area contributed by atoms with Crippen molar-refractivity contribution in [1.82, 2.24) is 14.8 Å². The van der Waals surface area contributed by atoms with Gasteiger partial charge < -0.3 is 9.64 Å². The number of hydrogen-bond acceptors (Lipinski definition) is 5. The van der Waals surface area contributed by atoms with Crippen LogP contribution in [-0.4, -0.2) is 67.3 Å². The Morgan fingerprint density at radius 2 is 1.57 bits per heavy atom. The summed E-state index contributed by atoms with van der Waals surface area (Å²) < 4.78 is 5.50. The van der Waals surface area contributed by atoms with E-state index in [2.05, 4.69) is 68.0 Å². The van der Waals surface area contributed by atoms with Gasteiger partial charge in [-0.2, -0.15) is 0 Å². The zero-order valence-corrected chi connectivity index (χ0v) is 23.4. The highest BCUT2D eigenvalue weighted by molar-refractivity contribution is 7.10.